The number of allylic oxidation sites excluding steroid dienone is 8. The van der Waals surface area contributed by atoms with Crippen molar-refractivity contribution in [3.63, 3.8) is 0 Å². The standard InChI is InChI=1S/C63H44N4S/c1-2-3-4-14-29-58-64-62(48-23-12-7-13-24-48)66-63(65-58)49-40-54(46-34-30-44(31-35-46)42-19-8-5-9-20-42)59(55(41-49)47-36-32-45(33-37-47)43-21-10-6-11-22-43)67-56-27-17-15-25-50(56)52-38-39-53-51-26-16-18-28-57(51)68-61(53)60(52)67/h2-5,7-10,12-41H,1,6,11H2/b4-3-,29-14+. The predicted molar refractivity (Wildman–Crippen MR) is 289 cm³/mol. The molecule has 3 heterocycles. The second-order valence-electron chi connectivity index (χ2n) is 17.1. The van der Waals surface area contributed by atoms with Crippen LogP contribution in [0.3, 0.4) is 0 Å². The lowest BCUT2D eigenvalue weighted by Gasteiger charge is -2.21. The number of hydrogen-bond donors (Lipinski definition) is 0. The van der Waals surface area contributed by atoms with E-state index < -0.39 is 0 Å². The molecule has 3 aromatic heterocycles. The van der Waals surface area contributed by atoms with Gasteiger partial charge in [-0.25, -0.2) is 15.0 Å². The number of para-hydroxylation sites is 1. The number of thiophene rings is 1. The van der Waals surface area contributed by atoms with E-state index in [1.807, 2.05) is 66.0 Å². The number of benzene rings is 8. The lowest BCUT2D eigenvalue weighted by molar-refractivity contribution is 1.04. The van der Waals surface area contributed by atoms with Gasteiger partial charge >= 0.3 is 0 Å². The monoisotopic (exact) mass is 888 g/mol. The number of fused-ring (bicyclic) bond motifs is 7. The Morgan fingerprint density at radius 3 is 1.79 bits per heavy atom. The van der Waals surface area contributed by atoms with E-state index in [1.165, 1.54) is 53.2 Å². The highest BCUT2D eigenvalue weighted by molar-refractivity contribution is 7.26. The lowest BCUT2D eigenvalue weighted by atomic mass is 9.90. The van der Waals surface area contributed by atoms with Crippen molar-refractivity contribution < 1.29 is 0 Å². The Balaban J connectivity index is 1.20. The minimum atomic E-state index is 0.565. The van der Waals surface area contributed by atoms with Crippen LogP contribution in [-0.4, -0.2) is 19.5 Å². The van der Waals surface area contributed by atoms with Crippen LogP contribution in [0, 0.1) is 0 Å². The first-order chi connectivity index (χ1) is 33.7. The second-order valence-corrected chi connectivity index (χ2v) is 18.1. The minimum absolute atomic E-state index is 0.565. The van der Waals surface area contributed by atoms with E-state index in [9.17, 15) is 0 Å². The van der Waals surface area contributed by atoms with Gasteiger partial charge in [0.25, 0.3) is 0 Å². The molecule has 0 bridgehead atoms. The maximum Gasteiger partial charge on any atom is 0.164 e. The third-order valence-electron chi connectivity index (χ3n) is 12.9. The van der Waals surface area contributed by atoms with Crippen LogP contribution in [0.5, 0.6) is 0 Å². The first-order valence-corrected chi connectivity index (χ1v) is 23.9. The van der Waals surface area contributed by atoms with E-state index in [-0.39, 0.29) is 0 Å². The average molecular weight is 889 g/mol. The molecule has 322 valence electrons. The van der Waals surface area contributed by atoms with Crippen molar-refractivity contribution in [3.05, 3.63) is 242 Å². The van der Waals surface area contributed by atoms with E-state index >= 15 is 0 Å². The van der Waals surface area contributed by atoms with Gasteiger partial charge in [0, 0.05) is 48.5 Å². The van der Waals surface area contributed by atoms with Gasteiger partial charge in [0.1, 0.15) is 0 Å². The van der Waals surface area contributed by atoms with Gasteiger partial charge in [0.2, 0.25) is 0 Å². The van der Waals surface area contributed by atoms with Crippen molar-refractivity contribution in [1.29, 1.82) is 0 Å². The summed E-state index contributed by atoms with van der Waals surface area (Å²) in [7, 11) is 0. The summed E-state index contributed by atoms with van der Waals surface area (Å²) < 4.78 is 5.08. The first-order valence-electron chi connectivity index (χ1n) is 23.1. The van der Waals surface area contributed by atoms with Crippen molar-refractivity contribution in [2.75, 3.05) is 0 Å². The van der Waals surface area contributed by atoms with Gasteiger partial charge in [-0.1, -0.05) is 207 Å². The Labute approximate surface area is 399 Å². The highest BCUT2D eigenvalue weighted by Gasteiger charge is 2.25. The highest BCUT2D eigenvalue weighted by Crippen LogP contribution is 2.48. The molecular formula is C63H44N4S. The van der Waals surface area contributed by atoms with E-state index in [0.717, 1.165) is 63.0 Å². The molecule has 0 radical (unpaired) electrons. The largest absolute Gasteiger partial charge is 0.307 e. The zero-order chi connectivity index (χ0) is 45.4. The van der Waals surface area contributed by atoms with Gasteiger partial charge in [-0.2, -0.15) is 0 Å². The summed E-state index contributed by atoms with van der Waals surface area (Å²) in [6.45, 7) is 3.84. The molecular weight excluding hydrogens is 845 g/mol. The molecule has 12 rings (SSSR count). The van der Waals surface area contributed by atoms with Crippen LogP contribution >= 0.6 is 11.3 Å². The Bertz CT molecular complexity index is 3830. The lowest BCUT2D eigenvalue weighted by Crippen LogP contribution is -2.04. The topological polar surface area (TPSA) is 43.6 Å². The molecule has 0 fully saturated rings. The quantitative estimate of drug-likeness (QED) is 0.129. The van der Waals surface area contributed by atoms with Crippen LogP contribution in [0.15, 0.2) is 231 Å². The van der Waals surface area contributed by atoms with Crippen LogP contribution in [0.1, 0.15) is 24.2 Å². The van der Waals surface area contributed by atoms with Gasteiger partial charge in [-0.05, 0) is 76.6 Å². The molecule has 0 saturated carbocycles. The molecule has 0 saturated heterocycles. The summed E-state index contributed by atoms with van der Waals surface area (Å²) in [5, 5.41) is 4.96. The van der Waals surface area contributed by atoms with Crippen molar-refractivity contribution in [2.24, 2.45) is 0 Å². The van der Waals surface area contributed by atoms with Crippen LogP contribution in [0.25, 0.3) is 115 Å². The summed E-state index contributed by atoms with van der Waals surface area (Å²) in [6.07, 6.45) is 18.4. The molecule has 11 aromatic rings. The van der Waals surface area contributed by atoms with E-state index in [0.29, 0.717) is 17.5 Å². The highest BCUT2D eigenvalue weighted by atomic mass is 32.1. The molecule has 1 aliphatic rings. The summed E-state index contributed by atoms with van der Waals surface area (Å²) in [5.41, 5.74) is 14.3. The second kappa shape index (κ2) is 17.7. The van der Waals surface area contributed by atoms with Crippen molar-refractivity contribution >= 4 is 65.0 Å². The SMILES string of the molecule is C=C/C=C\C=C\c1nc(-c2ccccc2)nc(-c2cc(-c3ccc(C4=CCCC=C4)cc3)c(-n3c4ccccc4c4ccc5c6ccccc6sc5c43)c(-c3ccc(-c4ccccc4)cc3)c2)n1. The number of hydrogen-bond acceptors (Lipinski definition) is 4. The fourth-order valence-electron chi connectivity index (χ4n) is 9.65. The van der Waals surface area contributed by atoms with Crippen LogP contribution in [0.2, 0.25) is 0 Å². The molecule has 0 atom stereocenters. The maximum atomic E-state index is 5.26. The zero-order valence-electron chi connectivity index (χ0n) is 37.3. The molecule has 8 aromatic carbocycles. The molecule has 0 N–H and O–H groups in total. The van der Waals surface area contributed by atoms with Gasteiger partial charge in [-0.3, -0.25) is 0 Å². The summed E-state index contributed by atoms with van der Waals surface area (Å²) in [5.74, 6) is 1.76. The van der Waals surface area contributed by atoms with E-state index in [2.05, 4.69) is 181 Å². The fraction of sp³-hybridized carbons (Fsp3) is 0.0317. The van der Waals surface area contributed by atoms with Gasteiger partial charge in [0.15, 0.2) is 17.5 Å². The Kier molecular flexibility index (Phi) is 10.7. The maximum absolute atomic E-state index is 5.26. The molecule has 0 spiro atoms. The molecule has 68 heavy (non-hydrogen) atoms. The van der Waals surface area contributed by atoms with Gasteiger partial charge < -0.3 is 4.57 Å². The fourth-order valence-corrected chi connectivity index (χ4v) is 10.9. The average Bonchev–Trinajstić information content (AvgIpc) is 3.96. The first kappa shape index (κ1) is 41.0. The molecule has 0 amide bonds. The van der Waals surface area contributed by atoms with Crippen molar-refractivity contribution in [3.8, 4) is 61.8 Å². The Morgan fingerprint density at radius 1 is 0.485 bits per heavy atom. The Morgan fingerprint density at radius 2 is 1.09 bits per heavy atom. The van der Waals surface area contributed by atoms with Crippen molar-refractivity contribution in [1.82, 2.24) is 19.5 Å². The third-order valence-corrected chi connectivity index (χ3v) is 14.1. The zero-order valence-corrected chi connectivity index (χ0v) is 38.1. The van der Waals surface area contributed by atoms with Crippen LogP contribution < -0.4 is 0 Å². The third kappa shape index (κ3) is 7.49. The molecule has 0 unspecified atom stereocenters. The molecule has 1 aliphatic carbocycles. The smallest absolute Gasteiger partial charge is 0.164 e. The summed E-state index contributed by atoms with van der Waals surface area (Å²) >= 11 is 1.87. The summed E-state index contributed by atoms with van der Waals surface area (Å²) in [6, 6.07) is 65.8. The van der Waals surface area contributed by atoms with E-state index in [4.69, 9.17) is 15.0 Å². The molecule has 0 aliphatic heterocycles. The predicted octanol–water partition coefficient (Wildman–Crippen LogP) is 17.2. The number of aromatic nitrogens is 4. The molecule has 5 heteroatoms. The summed E-state index contributed by atoms with van der Waals surface area (Å²) in [4.78, 5) is 15.4. The van der Waals surface area contributed by atoms with Crippen LogP contribution in [0.4, 0.5) is 0 Å². The molecule has 4 nitrogen and oxygen atoms in total. The van der Waals surface area contributed by atoms with Gasteiger partial charge in [-0.15, -0.1) is 11.3 Å². The minimum Gasteiger partial charge on any atom is -0.307 e. The van der Waals surface area contributed by atoms with Gasteiger partial charge in [0.05, 0.1) is 21.4 Å². The Hall–Kier alpha value is -8.51. The van der Waals surface area contributed by atoms with Crippen molar-refractivity contribution in [2.45, 2.75) is 12.8 Å². The van der Waals surface area contributed by atoms with E-state index in [1.54, 1.807) is 6.08 Å². The number of nitrogens with zero attached hydrogens (tertiary/aromatic N) is 4. The van der Waals surface area contributed by atoms with Crippen LogP contribution in [-0.2, 0) is 0 Å². The normalized spacial score (nSPS) is 12.9. The number of rotatable bonds is 10.